The smallest absolute Gasteiger partial charge is 0.272 e. The Labute approximate surface area is 125 Å². The molecule has 3 atom stereocenters. The molecule has 21 heavy (non-hydrogen) atoms. The lowest BCUT2D eigenvalue weighted by Crippen LogP contribution is -2.32. The standard InChI is InChI=1S/C16H24N4O/c1-9(2)15-18-8-13(17)14(20-15)16(21)19-7-12-6-10-3-4-11(12)5-10/h8-12H,3-7,17H2,1-2H3,(H,19,21). The van der Waals surface area contributed by atoms with E-state index in [-0.39, 0.29) is 11.8 Å². The van der Waals surface area contributed by atoms with Crippen molar-refractivity contribution in [2.75, 3.05) is 12.3 Å². The van der Waals surface area contributed by atoms with Gasteiger partial charge in [0.1, 0.15) is 5.82 Å². The number of nitrogen functional groups attached to an aromatic ring is 1. The fourth-order valence-electron chi connectivity index (χ4n) is 3.80. The fourth-order valence-corrected chi connectivity index (χ4v) is 3.80. The number of amides is 1. The summed E-state index contributed by atoms with van der Waals surface area (Å²) in [5.41, 5.74) is 6.52. The second-order valence-corrected chi connectivity index (χ2v) is 6.83. The first-order chi connectivity index (χ1) is 10.0. The Kier molecular flexibility index (Phi) is 3.83. The van der Waals surface area contributed by atoms with E-state index in [1.165, 1.54) is 31.9 Å². The van der Waals surface area contributed by atoms with E-state index >= 15 is 0 Å². The third-order valence-corrected chi connectivity index (χ3v) is 4.98. The van der Waals surface area contributed by atoms with E-state index in [4.69, 9.17) is 5.73 Å². The lowest BCUT2D eigenvalue weighted by molar-refractivity contribution is 0.0937. The Morgan fingerprint density at radius 1 is 1.43 bits per heavy atom. The quantitative estimate of drug-likeness (QED) is 0.891. The van der Waals surface area contributed by atoms with Gasteiger partial charge in [-0.2, -0.15) is 0 Å². The Morgan fingerprint density at radius 2 is 2.24 bits per heavy atom. The van der Waals surface area contributed by atoms with Crippen molar-refractivity contribution < 1.29 is 4.79 Å². The van der Waals surface area contributed by atoms with E-state index in [1.54, 1.807) is 0 Å². The molecule has 1 aromatic heterocycles. The van der Waals surface area contributed by atoms with Gasteiger partial charge in [0.2, 0.25) is 0 Å². The van der Waals surface area contributed by atoms with Gasteiger partial charge in [0, 0.05) is 12.5 Å². The maximum Gasteiger partial charge on any atom is 0.272 e. The van der Waals surface area contributed by atoms with Crippen molar-refractivity contribution in [3.05, 3.63) is 17.7 Å². The number of nitrogens with two attached hydrogens (primary N) is 1. The van der Waals surface area contributed by atoms with Crippen molar-refractivity contribution >= 4 is 11.6 Å². The largest absolute Gasteiger partial charge is 0.396 e. The van der Waals surface area contributed by atoms with Crippen molar-refractivity contribution in [3.63, 3.8) is 0 Å². The molecule has 5 nitrogen and oxygen atoms in total. The molecule has 3 rings (SSSR count). The van der Waals surface area contributed by atoms with Crippen LogP contribution < -0.4 is 11.1 Å². The molecule has 2 bridgehead atoms. The van der Waals surface area contributed by atoms with Gasteiger partial charge in [0.15, 0.2) is 5.69 Å². The van der Waals surface area contributed by atoms with Crippen LogP contribution in [0.3, 0.4) is 0 Å². The van der Waals surface area contributed by atoms with Crippen LogP contribution in [0.15, 0.2) is 6.20 Å². The first-order valence-electron chi connectivity index (χ1n) is 7.95. The minimum absolute atomic E-state index is 0.167. The van der Waals surface area contributed by atoms with Gasteiger partial charge >= 0.3 is 0 Å². The number of aromatic nitrogens is 2. The zero-order chi connectivity index (χ0) is 15.0. The number of anilines is 1. The van der Waals surface area contributed by atoms with E-state index in [1.807, 2.05) is 13.8 Å². The van der Waals surface area contributed by atoms with Crippen molar-refractivity contribution in [1.29, 1.82) is 0 Å². The van der Waals surface area contributed by atoms with Crippen LogP contribution in [0.4, 0.5) is 5.69 Å². The van der Waals surface area contributed by atoms with Gasteiger partial charge in [-0.1, -0.05) is 20.3 Å². The van der Waals surface area contributed by atoms with Gasteiger partial charge in [0.05, 0.1) is 11.9 Å². The van der Waals surface area contributed by atoms with Crippen molar-refractivity contribution in [2.45, 2.75) is 45.4 Å². The molecule has 3 unspecified atom stereocenters. The molecule has 3 N–H and O–H groups in total. The topological polar surface area (TPSA) is 80.9 Å². The first kappa shape index (κ1) is 14.3. The van der Waals surface area contributed by atoms with Gasteiger partial charge in [-0.25, -0.2) is 9.97 Å². The highest BCUT2D eigenvalue weighted by atomic mass is 16.1. The molecule has 0 aliphatic heterocycles. The second kappa shape index (κ2) is 5.62. The highest BCUT2D eigenvalue weighted by molar-refractivity contribution is 5.96. The van der Waals surface area contributed by atoms with Gasteiger partial charge in [-0.05, 0) is 37.0 Å². The monoisotopic (exact) mass is 288 g/mol. The number of carbonyl (C=O) groups is 1. The first-order valence-corrected chi connectivity index (χ1v) is 7.95. The van der Waals surface area contributed by atoms with Crippen molar-refractivity contribution in [1.82, 2.24) is 15.3 Å². The predicted molar refractivity (Wildman–Crippen MR) is 81.8 cm³/mol. The molecule has 5 heteroatoms. The fraction of sp³-hybridized carbons (Fsp3) is 0.688. The molecule has 0 spiro atoms. The van der Waals surface area contributed by atoms with Crippen molar-refractivity contribution in [2.24, 2.45) is 17.8 Å². The Bertz CT molecular complexity index is 543. The van der Waals surface area contributed by atoms with Gasteiger partial charge in [-0.3, -0.25) is 4.79 Å². The summed E-state index contributed by atoms with van der Waals surface area (Å²) in [4.78, 5) is 20.8. The van der Waals surface area contributed by atoms with Crippen LogP contribution in [0.2, 0.25) is 0 Å². The highest BCUT2D eigenvalue weighted by Gasteiger charge is 2.39. The zero-order valence-electron chi connectivity index (χ0n) is 12.8. The summed E-state index contributed by atoms with van der Waals surface area (Å²) in [6, 6.07) is 0. The SMILES string of the molecule is CC(C)c1ncc(N)c(C(=O)NCC2CC3CCC2C3)n1. The van der Waals surface area contributed by atoms with Crippen LogP contribution >= 0.6 is 0 Å². The third-order valence-electron chi connectivity index (χ3n) is 4.98. The zero-order valence-corrected chi connectivity index (χ0v) is 12.8. The molecule has 114 valence electrons. The third kappa shape index (κ3) is 2.87. The Morgan fingerprint density at radius 3 is 2.86 bits per heavy atom. The molecule has 1 heterocycles. The number of nitrogens with one attached hydrogen (secondary N) is 1. The number of hydrogen-bond donors (Lipinski definition) is 2. The minimum atomic E-state index is -0.167. The summed E-state index contributed by atoms with van der Waals surface area (Å²) >= 11 is 0. The van der Waals surface area contributed by atoms with Crippen LogP contribution in [0.25, 0.3) is 0 Å². The molecule has 0 saturated heterocycles. The van der Waals surface area contributed by atoms with E-state index in [2.05, 4.69) is 15.3 Å². The number of rotatable bonds is 4. The molecular formula is C16H24N4O. The van der Waals surface area contributed by atoms with Crippen LogP contribution in [0.1, 0.15) is 61.8 Å². The molecule has 2 saturated carbocycles. The van der Waals surface area contributed by atoms with Gasteiger partial charge in [-0.15, -0.1) is 0 Å². The summed E-state index contributed by atoms with van der Waals surface area (Å²) < 4.78 is 0. The number of carbonyl (C=O) groups excluding carboxylic acids is 1. The lowest BCUT2D eigenvalue weighted by atomic mass is 9.89. The van der Waals surface area contributed by atoms with E-state index in [0.29, 0.717) is 23.1 Å². The molecule has 0 aromatic carbocycles. The number of nitrogens with zero attached hydrogens (tertiary/aromatic N) is 2. The predicted octanol–water partition coefficient (Wildman–Crippen LogP) is 2.35. The van der Waals surface area contributed by atoms with Crippen LogP contribution in [-0.2, 0) is 0 Å². The average molecular weight is 288 g/mol. The number of hydrogen-bond acceptors (Lipinski definition) is 4. The average Bonchev–Trinajstić information content (AvgIpc) is 3.07. The highest BCUT2D eigenvalue weighted by Crippen LogP contribution is 2.47. The summed E-state index contributed by atoms with van der Waals surface area (Å²) in [6.07, 6.45) is 6.87. The van der Waals surface area contributed by atoms with Crippen LogP contribution in [0, 0.1) is 17.8 Å². The Balaban J connectivity index is 1.64. The van der Waals surface area contributed by atoms with Gasteiger partial charge in [0.25, 0.3) is 5.91 Å². The van der Waals surface area contributed by atoms with Gasteiger partial charge < -0.3 is 11.1 Å². The molecule has 2 aliphatic carbocycles. The van der Waals surface area contributed by atoms with Crippen molar-refractivity contribution in [3.8, 4) is 0 Å². The molecule has 0 radical (unpaired) electrons. The maximum absolute atomic E-state index is 12.3. The molecule has 1 aromatic rings. The minimum Gasteiger partial charge on any atom is -0.396 e. The second-order valence-electron chi connectivity index (χ2n) is 6.83. The maximum atomic E-state index is 12.3. The van der Waals surface area contributed by atoms with E-state index < -0.39 is 0 Å². The summed E-state index contributed by atoms with van der Waals surface area (Å²) in [7, 11) is 0. The molecule has 2 aliphatic rings. The Hall–Kier alpha value is -1.65. The summed E-state index contributed by atoms with van der Waals surface area (Å²) in [5.74, 6) is 3.02. The van der Waals surface area contributed by atoms with E-state index in [0.717, 1.165) is 18.4 Å². The van der Waals surface area contributed by atoms with Crippen LogP contribution in [-0.4, -0.2) is 22.4 Å². The summed E-state index contributed by atoms with van der Waals surface area (Å²) in [5, 5.41) is 3.02. The van der Waals surface area contributed by atoms with E-state index in [9.17, 15) is 4.79 Å². The van der Waals surface area contributed by atoms with Crippen LogP contribution in [0.5, 0.6) is 0 Å². The lowest BCUT2D eigenvalue weighted by Gasteiger charge is -2.21. The summed E-state index contributed by atoms with van der Waals surface area (Å²) in [6.45, 7) is 4.76. The number of fused-ring (bicyclic) bond motifs is 2. The molecular weight excluding hydrogens is 264 g/mol. The molecule has 1 amide bonds. The normalized spacial score (nSPS) is 27.3. The molecule has 2 fully saturated rings.